The molecule has 0 fully saturated rings. The number of nitrogens with zero attached hydrogens (tertiary/aromatic N) is 1. The van der Waals surface area contributed by atoms with Crippen molar-refractivity contribution in [3.8, 4) is 0 Å². The number of thiocarbonyl (C=S) groups is 1. The van der Waals surface area contributed by atoms with Gasteiger partial charge in [0.25, 0.3) is 0 Å². The van der Waals surface area contributed by atoms with Gasteiger partial charge in [0.15, 0.2) is 0 Å². The minimum Gasteiger partial charge on any atom is -0.389 e. The summed E-state index contributed by atoms with van der Waals surface area (Å²) < 4.78 is 0. The van der Waals surface area contributed by atoms with Gasteiger partial charge < -0.3 is 10.6 Å². The number of rotatable bonds is 5. The highest BCUT2D eigenvalue weighted by Crippen LogP contribution is 2.29. The summed E-state index contributed by atoms with van der Waals surface area (Å²) in [5.41, 5.74) is 8.69. The fourth-order valence-electron chi connectivity index (χ4n) is 2.22. The number of anilines is 1. The first kappa shape index (κ1) is 15.8. The zero-order valence-electron chi connectivity index (χ0n) is 12.2. The molecule has 0 atom stereocenters. The summed E-state index contributed by atoms with van der Waals surface area (Å²) in [6.07, 6.45) is 0. The van der Waals surface area contributed by atoms with Gasteiger partial charge in [-0.15, -0.1) is 0 Å². The summed E-state index contributed by atoms with van der Waals surface area (Å²) in [6.45, 7) is 5.12. The number of benzene rings is 2. The fourth-order valence-corrected chi connectivity index (χ4v) is 2.64. The highest BCUT2D eigenvalue weighted by Gasteiger charge is 2.15. The van der Waals surface area contributed by atoms with Gasteiger partial charge in [0.05, 0.1) is 10.7 Å². The molecule has 0 aliphatic carbocycles. The van der Waals surface area contributed by atoms with E-state index in [4.69, 9.17) is 29.6 Å². The Morgan fingerprint density at radius 1 is 1.19 bits per heavy atom. The van der Waals surface area contributed by atoms with E-state index in [1.807, 2.05) is 36.4 Å². The number of nitrogens with two attached hydrogens (primary N) is 1. The van der Waals surface area contributed by atoms with Gasteiger partial charge in [0.1, 0.15) is 4.99 Å². The summed E-state index contributed by atoms with van der Waals surface area (Å²) in [6, 6.07) is 16.4. The molecule has 2 aromatic rings. The lowest BCUT2D eigenvalue weighted by Crippen LogP contribution is -2.30. The monoisotopic (exact) mass is 318 g/mol. The molecular formula is C17H19ClN2S. The molecule has 2 rings (SSSR count). The lowest BCUT2D eigenvalue weighted by molar-refractivity contribution is 0.682. The quantitative estimate of drug-likeness (QED) is 0.829. The highest BCUT2D eigenvalue weighted by atomic mass is 35.5. The lowest BCUT2D eigenvalue weighted by Gasteiger charge is -2.30. The Labute approximate surface area is 136 Å². The first-order valence-electron chi connectivity index (χ1n) is 6.89. The Balaban J connectivity index is 2.32. The zero-order valence-corrected chi connectivity index (χ0v) is 13.8. The molecular weight excluding hydrogens is 300 g/mol. The maximum absolute atomic E-state index is 6.42. The van der Waals surface area contributed by atoms with Crippen LogP contribution in [0, 0.1) is 0 Å². The maximum atomic E-state index is 6.42. The smallest absolute Gasteiger partial charge is 0.104 e. The molecule has 0 heterocycles. The van der Waals surface area contributed by atoms with Crippen LogP contribution in [0.1, 0.15) is 25.0 Å². The molecule has 0 aromatic heterocycles. The molecule has 0 spiro atoms. The standard InChI is InChI=1S/C17H19ClN2S/c1-12(2)20(11-13-6-4-3-5-7-13)16-9-8-14(17(19)21)10-15(16)18/h3-10,12H,11H2,1-2H3,(H2,19,21). The summed E-state index contributed by atoms with van der Waals surface area (Å²) in [5, 5.41) is 0.671. The molecule has 2 aromatic carbocycles. The van der Waals surface area contributed by atoms with E-state index in [9.17, 15) is 0 Å². The van der Waals surface area contributed by atoms with Crippen LogP contribution in [0.3, 0.4) is 0 Å². The minimum atomic E-state index is 0.332. The molecule has 0 saturated heterocycles. The van der Waals surface area contributed by atoms with Crippen LogP contribution in [-0.4, -0.2) is 11.0 Å². The van der Waals surface area contributed by atoms with Crippen molar-refractivity contribution in [2.45, 2.75) is 26.4 Å². The number of hydrogen-bond acceptors (Lipinski definition) is 2. The van der Waals surface area contributed by atoms with Gasteiger partial charge in [-0.2, -0.15) is 0 Å². The molecule has 2 N–H and O–H groups in total. The second-order valence-electron chi connectivity index (χ2n) is 5.24. The van der Waals surface area contributed by atoms with Crippen LogP contribution in [0.4, 0.5) is 5.69 Å². The Kier molecular flexibility index (Phi) is 5.21. The Hall–Kier alpha value is -1.58. The normalized spacial score (nSPS) is 10.7. The van der Waals surface area contributed by atoms with Crippen LogP contribution in [0.2, 0.25) is 5.02 Å². The van der Waals surface area contributed by atoms with Gasteiger partial charge in [-0.3, -0.25) is 0 Å². The molecule has 4 heteroatoms. The van der Waals surface area contributed by atoms with E-state index in [2.05, 4.69) is 30.9 Å². The predicted molar refractivity (Wildman–Crippen MR) is 95.1 cm³/mol. The third-order valence-electron chi connectivity index (χ3n) is 3.36. The van der Waals surface area contributed by atoms with Crippen LogP contribution in [0.25, 0.3) is 0 Å². The van der Waals surface area contributed by atoms with E-state index < -0.39 is 0 Å². The van der Waals surface area contributed by atoms with Gasteiger partial charge >= 0.3 is 0 Å². The van der Waals surface area contributed by atoms with Crippen LogP contribution < -0.4 is 10.6 Å². The van der Waals surface area contributed by atoms with E-state index in [-0.39, 0.29) is 0 Å². The van der Waals surface area contributed by atoms with E-state index in [1.165, 1.54) is 5.56 Å². The van der Waals surface area contributed by atoms with Gasteiger partial charge in [0.2, 0.25) is 0 Å². The van der Waals surface area contributed by atoms with Gasteiger partial charge in [0, 0.05) is 18.2 Å². The topological polar surface area (TPSA) is 29.3 Å². The zero-order chi connectivity index (χ0) is 15.4. The van der Waals surface area contributed by atoms with Crippen molar-refractivity contribution in [3.63, 3.8) is 0 Å². The number of hydrogen-bond donors (Lipinski definition) is 1. The lowest BCUT2D eigenvalue weighted by atomic mass is 10.1. The largest absolute Gasteiger partial charge is 0.389 e. The summed E-state index contributed by atoms with van der Waals surface area (Å²) in [7, 11) is 0. The average molecular weight is 319 g/mol. The predicted octanol–water partition coefficient (Wildman–Crippen LogP) is 4.39. The molecule has 0 radical (unpaired) electrons. The molecule has 0 amide bonds. The molecule has 0 saturated carbocycles. The van der Waals surface area contributed by atoms with Crippen LogP contribution in [0.5, 0.6) is 0 Å². The van der Waals surface area contributed by atoms with E-state index >= 15 is 0 Å². The molecule has 0 bridgehead atoms. The molecule has 110 valence electrons. The van der Waals surface area contributed by atoms with Crippen molar-refractivity contribution < 1.29 is 0 Å². The Morgan fingerprint density at radius 2 is 1.86 bits per heavy atom. The van der Waals surface area contributed by atoms with E-state index in [1.54, 1.807) is 0 Å². The molecule has 0 aliphatic rings. The fraction of sp³-hybridized carbons (Fsp3) is 0.235. The van der Waals surface area contributed by atoms with E-state index in [0.717, 1.165) is 17.8 Å². The Bertz CT molecular complexity index is 626. The average Bonchev–Trinajstić information content (AvgIpc) is 2.46. The summed E-state index contributed by atoms with van der Waals surface area (Å²) in [4.78, 5) is 2.63. The number of halogens is 1. The molecule has 0 unspecified atom stereocenters. The van der Waals surface area contributed by atoms with Gasteiger partial charge in [-0.1, -0.05) is 54.2 Å². The first-order chi connectivity index (χ1) is 9.99. The van der Waals surface area contributed by atoms with Crippen molar-refractivity contribution in [1.29, 1.82) is 0 Å². The van der Waals surface area contributed by atoms with Crippen molar-refractivity contribution in [1.82, 2.24) is 0 Å². The maximum Gasteiger partial charge on any atom is 0.104 e. The molecule has 2 nitrogen and oxygen atoms in total. The highest BCUT2D eigenvalue weighted by molar-refractivity contribution is 7.80. The second-order valence-corrected chi connectivity index (χ2v) is 6.08. The van der Waals surface area contributed by atoms with Crippen LogP contribution >= 0.6 is 23.8 Å². The SMILES string of the molecule is CC(C)N(Cc1ccccc1)c1ccc(C(N)=S)cc1Cl. The van der Waals surface area contributed by atoms with E-state index in [0.29, 0.717) is 16.1 Å². The van der Waals surface area contributed by atoms with Crippen molar-refractivity contribution in [3.05, 3.63) is 64.7 Å². The van der Waals surface area contributed by atoms with Gasteiger partial charge in [-0.05, 0) is 37.6 Å². The van der Waals surface area contributed by atoms with Crippen LogP contribution in [-0.2, 0) is 6.54 Å². The second kappa shape index (κ2) is 6.92. The summed E-state index contributed by atoms with van der Waals surface area (Å²) in [5.74, 6) is 0. The first-order valence-corrected chi connectivity index (χ1v) is 7.67. The Morgan fingerprint density at radius 3 is 2.38 bits per heavy atom. The molecule has 0 aliphatic heterocycles. The van der Waals surface area contributed by atoms with Crippen molar-refractivity contribution in [2.75, 3.05) is 4.90 Å². The van der Waals surface area contributed by atoms with Crippen molar-refractivity contribution in [2.24, 2.45) is 5.73 Å². The minimum absolute atomic E-state index is 0.332. The van der Waals surface area contributed by atoms with Gasteiger partial charge in [-0.25, -0.2) is 0 Å². The summed E-state index contributed by atoms with van der Waals surface area (Å²) >= 11 is 11.4. The third kappa shape index (κ3) is 3.96. The third-order valence-corrected chi connectivity index (χ3v) is 3.90. The van der Waals surface area contributed by atoms with Crippen molar-refractivity contribution >= 4 is 34.5 Å². The molecule has 21 heavy (non-hydrogen) atoms. The van der Waals surface area contributed by atoms with Crippen LogP contribution in [0.15, 0.2) is 48.5 Å².